The lowest BCUT2D eigenvalue weighted by molar-refractivity contribution is -0.111. The first-order chi connectivity index (χ1) is 19.6. The number of nitrogens with zero attached hydrogens (tertiary/aromatic N) is 3. The fourth-order valence-electron chi connectivity index (χ4n) is 4.68. The van der Waals surface area contributed by atoms with E-state index in [0.717, 1.165) is 22.4 Å². The Hall–Kier alpha value is -4.71. The molecule has 212 valence electrons. The number of aryl methyl sites for hydroxylation is 1. The van der Waals surface area contributed by atoms with Crippen molar-refractivity contribution in [1.82, 2.24) is 9.78 Å². The number of fused-ring (bicyclic) bond motifs is 1. The Morgan fingerprint density at radius 2 is 1.80 bits per heavy atom. The lowest BCUT2D eigenvalue weighted by Crippen LogP contribution is -2.29. The van der Waals surface area contributed by atoms with Crippen LogP contribution >= 0.6 is 0 Å². The molecule has 9 nitrogen and oxygen atoms in total. The van der Waals surface area contributed by atoms with Crippen LogP contribution in [0.15, 0.2) is 71.6 Å². The quantitative estimate of drug-likeness (QED) is 0.298. The number of nitrogens with one attached hydrogen (secondary N) is 1. The van der Waals surface area contributed by atoms with Crippen LogP contribution in [0.25, 0.3) is 11.8 Å². The minimum atomic E-state index is -4.06. The van der Waals surface area contributed by atoms with Gasteiger partial charge in [0.15, 0.2) is 17.3 Å². The first-order valence-electron chi connectivity index (χ1n) is 12.5. The predicted molar refractivity (Wildman–Crippen MR) is 150 cm³/mol. The summed E-state index contributed by atoms with van der Waals surface area (Å²) in [6, 6.07) is 14.8. The van der Waals surface area contributed by atoms with Gasteiger partial charge in [0.25, 0.3) is 10.0 Å². The number of amides is 1. The fourth-order valence-corrected chi connectivity index (χ4v) is 6.39. The Bertz CT molecular complexity index is 1790. The van der Waals surface area contributed by atoms with E-state index in [1.165, 1.54) is 48.9 Å². The van der Waals surface area contributed by atoms with E-state index in [1.54, 1.807) is 25.1 Å². The first kappa shape index (κ1) is 27.8. The normalized spacial score (nSPS) is 13.0. The lowest BCUT2D eigenvalue weighted by Gasteiger charge is -2.22. The van der Waals surface area contributed by atoms with Crippen LogP contribution in [0.4, 0.5) is 20.3 Å². The SMILES string of the molecule is COc1cc(C=CC(=O)Nc2cc(C)nn2-c2ccc(F)cc2F)cc(S(=O)(=O)N2CCc3ccccc32)c1OC. The standard InChI is InChI=1S/C29H26F2N4O5S/c1-18-14-27(35(33-18)24-10-9-21(30)17-22(24)31)32-28(36)11-8-19-15-25(39-2)29(40-3)26(16-19)41(37,38)34-13-12-20-6-4-5-7-23(20)34/h4-11,14-17H,12-13H2,1-3H3,(H,32,36). The number of carbonyl (C=O) groups excluding carboxylic acids is 1. The van der Waals surface area contributed by atoms with Gasteiger partial charge < -0.3 is 14.8 Å². The number of halogens is 2. The molecule has 0 aliphatic carbocycles. The Balaban J connectivity index is 1.45. The Labute approximate surface area is 235 Å². The molecule has 1 aromatic heterocycles. The molecule has 0 unspecified atom stereocenters. The molecule has 1 aliphatic rings. The molecule has 1 N–H and O–H groups in total. The number of hydrogen-bond donors (Lipinski definition) is 1. The smallest absolute Gasteiger partial charge is 0.268 e. The van der Waals surface area contributed by atoms with E-state index in [-0.39, 0.29) is 34.4 Å². The monoisotopic (exact) mass is 580 g/mol. The second kappa shape index (κ2) is 11.0. The number of rotatable bonds is 8. The van der Waals surface area contributed by atoms with Gasteiger partial charge in [-0.15, -0.1) is 0 Å². The molecule has 0 atom stereocenters. The van der Waals surface area contributed by atoms with Crippen LogP contribution in [-0.4, -0.2) is 44.9 Å². The van der Waals surface area contributed by atoms with E-state index in [0.29, 0.717) is 23.4 Å². The predicted octanol–water partition coefficient (Wildman–Crippen LogP) is 4.88. The highest BCUT2D eigenvalue weighted by Gasteiger charge is 2.34. The van der Waals surface area contributed by atoms with Crippen LogP contribution < -0.4 is 19.1 Å². The lowest BCUT2D eigenvalue weighted by atomic mass is 10.2. The molecule has 2 heterocycles. The van der Waals surface area contributed by atoms with Crippen molar-refractivity contribution in [3.05, 3.63) is 95.2 Å². The molecule has 12 heteroatoms. The summed E-state index contributed by atoms with van der Waals surface area (Å²) < 4.78 is 68.8. The van der Waals surface area contributed by atoms with Gasteiger partial charge in [0.05, 0.1) is 25.6 Å². The molecule has 0 saturated heterocycles. The van der Waals surface area contributed by atoms with E-state index in [2.05, 4.69) is 10.4 Å². The molecule has 1 amide bonds. The maximum absolute atomic E-state index is 14.4. The third kappa shape index (κ3) is 5.38. The van der Waals surface area contributed by atoms with Crippen LogP contribution in [0.1, 0.15) is 16.8 Å². The van der Waals surface area contributed by atoms with Gasteiger partial charge in [-0.2, -0.15) is 5.10 Å². The maximum Gasteiger partial charge on any atom is 0.268 e. The zero-order valence-electron chi connectivity index (χ0n) is 22.4. The van der Waals surface area contributed by atoms with E-state index < -0.39 is 27.6 Å². The molecular formula is C29H26F2N4O5S. The summed E-state index contributed by atoms with van der Waals surface area (Å²) in [6.45, 7) is 1.94. The Morgan fingerprint density at radius 1 is 1.02 bits per heavy atom. The van der Waals surface area contributed by atoms with Gasteiger partial charge in [-0.05, 0) is 60.9 Å². The second-order valence-electron chi connectivity index (χ2n) is 9.21. The van der Waals surface area contributed by atoms with Crippen LogP contribution in [0, 0.1) is 18.6 Å². The van der Waals surface area contributed by atoms with Gasteiger partial charge >= 0.3 is 0 Å². The molecule has 0 spiro atoms. The van der Waals surface area contributed by atoms with E-state index in [1.807, 2.05) is 12.1 Å². The molecule has 0 bridgehead atoms. The van der Waals surface area contributed by atoms with E-state index >= 15 is 0 Å². The zero-order chi connectivity index (χ0) is 29.3. The van der Waals surface area contributed by atoms with Crippen LogP contribution in [0.3, 0.4) is 0 Å². The highest BCUT2D eigenvalue weighted by molar-refractivity contribution is 7.93. The van der Waals surface area contributed by atoms with Crippen molar-refractivity contribution >= 4 is 33.5 Å². The molecule has 0 fully saturated rings. The van der Waals surface area contributed by atoms with Crippen molar-refractivity contribution in [2.75, 3.05) is 30.4 Å². The third-order valence-electron chi connectivity index (χ3n) is 6.53. The molecular weight excluding hydrogens is 554 g/mol. The highest BCUT2D eigenvalue weighted by Crippen LogP contribution is 2.40. The number of ether oxygens (including phenoxy) is 2. The van der Waals surface area contributed by atoms with Crippen molar-refractivity contribution in [2.24, 2.45) is 0 Å². The van der Waals surface area contributed by atoms with Crippen molar-refractivity contribution in [1.29, 1.82) is 0 Å². The molecule has 0 saturated carbocycles. The van der Waals surface area contributed by atoms with Crippen molar-refractivity contribution < 1.29 is 31.5 Å². The first-order valence-corrected chi connectivity index (χ1v) is 13.9. The number of anilines is 2. The van der Waals surface area contributed by atoms with Gasteiger partial charge in [0.1, 0.15) is 22.2 Å². The second-order valence-corrected chi connectivity index (χ2v) is 11.0. The minimum Gasteiger partial charge on any atom is -0.493 e. The average molecular weight is 581 g/mol. The van der Waals surface area contributed by atoms with E-state index in [9.17, 15) is 22.0 Å². The summed E-state index contributed by atoms with van der Waals surface area (Å²) in [5.41, 5.74) is 2.32. The third-order valence-corrected chi connectivity index (χ3v) is 8.35. The van der Waals surface area contributed by atoms with Gasteiger partial charge in [-0.3, -0.25) is 9.10 Å². The average Bonchev–Trinajstić information content (AvgIpc) is 3.54. The van der Waals surface area contributed by atoms with Crippen LogP contribution in [-0.2, 0) is 21.2 Å². The number of aromatic nitrogens is 2. The molecule has 41 heavy (non-hydrogen) atoms. The molecule has 5 rings (SSSR count). The van der Waals surface area contributed by atoms with Gasteiger partial charge in [0.2, 0.25) is 5.91 Å². The summed E-state index contributed by atoms with van der Waals surface area (Å²) in [6.07, 6.45) is 3.18. The molecule has 0 radical (unpaired) electrons. The molecule has 3 aromatic carbocycles. The fraction of sp³-hybridized carbons (Fsp3) is 0.172. The summed E-state index contributed by atoms with van der Waals surface area (Å²) in [4.78, 5) is 12.7. The summed E-state index contributed by atoms with van der Waals surface area (Å²) >= 11 is 0. The van der Waals surface area contributed by atoms with Gasteiger partial charge in [-0.25, -0.2) is 21.9 Å². The molecule has 4 aromatic rings. The minimum absolute atomic E-state index is 0.0409. The number of methoxy groups -OCH3 is 2. The maximum atomic E-state index is 14.4. The summed E-state index contributed by atoms with van der Waals surface area (Å²) in [7, 11) is -1.32. The van der Waals surface area contributed by atoms with Crippen LogP contribution in [0.5, 0.6) is 11.5 Å². The highest BCUT2D eigenvalue weighted by atomic mass is 32.2. The van der Waals surface area contributed by atoms with Crippen molar-refractivity contribution in [3.63, 3.8) is 0 Å². The number of benzene rings is 3. The Kier molecular flexibility index (Phi) is 7.50. The number of carbonyl (C=O) groups is 1. The Morgan fingerprint density at radius 3 is 2.54 bits per heavy atom. The molecule has 1 aliphatic heterocycles. The largest absolute Gasteiger partial charge is 0.493 e. The zero-order valence-corrected chi connectivity index (χ0v) is 23.2. The van der Waals surface area contributed by atoms with Crippen LogP contribution in [0.2, 0.25) is 0 Å². The van der Waals surface area contributed by atoms with Gasteiger partial charge in [0, 0.05) is 24.8 Å². The number of sulfonamides is 1. The number of hydrogen-bond acceptors (Lipinski definition) is 6. The van der Waals surface area contributed by atoms with Gasteiger partial charge in [-0.1, -0.05) is 18.2 Å². The topological polar surface area (TPSA) is 103 Å². The van der Waals surface area contributed by atoms with Crippen molar-refractivity contribution in [2.45, 2.75) is 18.2 Å². The summed E-state index contributed by atoms with van der Waals surface area (Å²) in [5, 5.41) is 6.82. The number of para-hydroxylation sites is 1. The summed E-state index contributed by atoms with van der Waals surface area (Å²) in [5.74, 6) is -1.82. The van der Waals surface area contributed by atoms with Crippen molar-refractivity contribution in [3.8, 4) is 17.2 Å². The van der Waals surface area contributed by atoms with E-state index in [4.69, 9.17) is 9.47 Å².